The molecule has 0 radical (unpaired) electrons. The number of amides is 3. The fourth-order valence-electron chi connectivity index (χ4n) is 2.75. The van der Waals surface area contributed by atoms with Gasteiger partial charge in [-0.15, -0.1) is 0 Å². The van der Waals surface area contributed by atoms with Crippen molar-refractivity contribution in [2.75, 3.05) is 17.2 Å². The summed E-state index contributed by atoms with van der Waals surface area (Å²) in [6.07, 6.45) is 2.44. The van der Waals surface area contributed by atoms with E-state index in [9.17, 15) is 35.5 Å². The normalized spacial score (nSPS) is 12.1. The van der Waals surface area contributed by atoms with Crippen LogP contribution in [-0.4, -0.2) is 44.4 Å². The average molecular weight is 512 g/mol. The van der Waals surface area contributed by atoms with Crippen LogP contribution in [0.3, 0.4) is 0 Å². The lowest BCUT2D eigenvalue weighted by Gasteiger charge is -2.11. The summed E-state index contributed by atoms with van der Waals surface area (Å²) in [6.45, 7) is 5.34. The van der Waals surface area contributed by atoms with E-state index >= 15 is 0 Å². The Kier molecular flexibility index (Phi) is 8.56. The van der Waals surface area contributed by atoms with Crippen molar-refractivity contribution in [2.24, 2.45) is 5.92 Å². The minimum atomic E-state index is -4.71. The van der Waals surface area contributed by atoms with Crippen LogP contribution < -0.4 is 16.0 Å². The predicted octanol–water partition coefficient (Wildman–Crippen LogP) is 3.09. The molecule has 184 valence electrons. The van der Waals surface area contributed by atoms with E-state index in [0.717, 1.165) is 12.1 Å². The lowest BCUT2D eigenvalue weighted by molar-refractivity contribution is -0.118. The Morgan fingerprint density at radius 1 is 0.853 bits per heavy atom. The molecule has 0 atom stereocenters. The Morgan fingerprint density at radius 2 is 1.29 bits per heavy atom. The summed E-state index contributed by atoms with van der Waals surface area (Å²) in [5, 5.41) is 7.42. The summed E-state index contributed by atoms with van der Waals surface area (Å²) in [7, 11) is -9.42. The summed E-state index contributed by atoms with van der Waals surface area (Å²) in [6, 6.07) is 6.94. The first-order valence-corrected chi connectivity index (χ1v) is 12.9. The molecule has 2 aromatic carbocycles. The molecule has 0 aliphatic rings. The van der Waals surface area contributed by atoms with Gasteiger partial charge in [0, 0.05) is 23.8 Å². The van der Waals surface area contributed by atoms with Gasteiger partial charge in [0.1, 0.15) is 9.79 Å². The number of anilines is 2. The maximum absolute atomic E-state index is 11.9. The SMILES string of the molecule is CCNC(=O)Nc1ccc(/C=C/c2ccc(NC(=O)C(C)C)cc2S(=O)(=O)O)c(S(=O)(=O)O)c1. The zero-order chi connectivity index (χ0) is 25.7. The van der Waals surface area contributed by atoms with E-state index in [1.807, 2.05) is 0 Å². The Bertz CT molecular complexity index is 1330. The molecule has 34 heavy (non-hydrogen) atoms. The molecule has 0 aliphatic carbocycles. The van der Waals surface area contributed by atoms with Gasteiger partial charge in [0.15, 0.2) is 0 Å². The molecule has 0 bridgehead atoms. The number of hydrogen-bond acceptors (Lipinski definition) is 6. The minimum Gasteiger partial charge on any atom is -0.338 e. The quantitative estimate of drug-likeness (QED) is 0.265. The van der Waals surface area contributed by atoms with Crippen LogP contribution >= 0.6 is 0 Å². The fraction of sp³-hybridized carbons (Fsp3) is 0.238. The average Bonchev–Trinajstić information content (AvgIpc) is 2.72. The van der Waals surface area contributed by atoms with Crippen LogP contribution in [0.2, 0.25) is 0 Å². The van der Waals surface area contributed by atoms with Crippen LogP contribution in [-0.2, 0) is 25.0 Å². The van der Waals surface area contributed by atoms with E-state index < -0.39 is 36.1 Å². The highest BCUT2D eigenvalue weighted by Gasteiger charge is 2.18. The Balaban J connectivity index is 2.49. The molecule has 0 unspecified atom stereocenters. The van der Waals surface area contributed by atoms with Crippen LogP contribution in [0.15, 0.2) is 46.2 Å². The summed E-state index contributed by atoms with van der Waals surface area (Å²) >= 11 is 0. The number of carbonyl (C=O) groups is 2. The van der Waals surface area contributed by atoms with Crippen molar-refractivity contribution < 1.29 is 35.5 Å². The van der Waals surface area contributed by atoms with Crippen molar-refractivity contribution >= 4 is 55.7 Å². The summed E-state index contributed by atoms with van der Waals surface area (Å²) in [5.74, 6) is -0.721. The van der Waals surface area contributed by atoms with E-state index in [-0.39, 0.29) is 34.3 Å². The number of hydrogen-bond donors (Lipinski definition) is 5. The van der Waals surface area contributed by atoms with E-state index in [1.165, 1.54) is 36.4 Å². The van der Waals surface area contributed by atoms with Crippen molar-refractivity contribution in [1.82, 2.24) is 5.32 Å². The van der Waals surface area contributed by atoms with Crippen molar-refractivity contribution in [3.63, 3.8) is 0 Å². The van der Waals surface area contributed by atoms with Crippen LogP contribution in [0.5, 0.6) is 0 Å². The van der Waals surface area contributed by atoms with Crippen LogP contribution in [0.4, 0.5) is 16.2 Å². The highest BCUT2D eigenvalue weighted by Crippen LogP contribution is 2.26. The first kappa shape index (κ1) is 27.0. The predicted molar refractivity (Wildman–Crippen MR) is 128 cm³/mol. The summed E-state index contributed by atoms with van der Waals surface area (Å²) in [4.78, 5) is 22.5. The van der Waals surface area contributed by atoms with Gasteiger partial charge in [-0.3, -0.25) is 13.9 Å². The Labute approximate surface area is 197 Å². The molecule has 0 saturated heterocycles. The smallest absolute Gasteiger partial charge is 0.319 e. The lowest BCUT2D eigenvalue weighted by atomic mass is 10.1. The van der Waals surface area contributed by atoms with E-state index in [2.05, 4.69) is 16.0 Å². The van der Waals surface area contributed by atoms with Crippen molar-refractivity contribution in [3.05, 3.63) is 47.5 Å². The summed E-state index contributed by atoms with van der Waals surface area (Å²) in [5.41, 5.74) is 0.223. The number of carbonyl (C=O) groups excluding carboxylic acids is 2. The van der Waals surface area contributed by atoms with E-state index in [1.54, 1.807) is 20.8 Å². The van der Waals surface area contributed by atoms with Crippen molar-refractivity contribution in [3.8, 4) is 0 Å². The van der Waals surface area contributed by atoms with Crippen LogP contribution in [0, 0.1) is 5.92 Å². The van der Waals surface area contributed by atoms with Gasteiger partial charge in [0.25, 0.3) is 20.2 Å². The molecular weight excluding hydrogens is 486 g/mol. The molecule has 0 aromatic heterocycles. The van der Waals surface area contributed by atoms with Gasteiger partial charge in [0.2, 0.25) is 5.91 Å². The van der Waals surface area contributed by atoms with Gasteiger partial charge < -0.3 is 16.0 Å². The summed E-state index contributed by atoms with van der Waals surface area (Å²) < 4.78 is 66.8. The molecule has 2 aromatic rings. The largest absolute Gasteiger partial charge is 0.338 e. The van der Waals surface area contributed by atoms with Gasteiger partial charge in [-0.25, -0.2) is 4.79 Å². The molecule has 3 amide bonds. The number of benzene rings is 2. The monoisotopic (exact) mass is 511 g/mol. The van der Waals surface area contributed by atoms with Gasteiger partial charge in [-0.05, 0) is 42.3 Å². The second-order valence-electron chi connectivity index (χ2n) is 7.42. The van der Waals surface area contributed by atoms with Gasteiger partial charge in [-0.1, -0.05) is 38.1 Å². The third-order valence-corrected chi connectivity index (χ3v) is 6.23. The first-order valence-electron chi connectivity index (χ1n) is 9.99. The maximum atomic E-state index is 11.9. The van der Waals surface area contributed by atoms with E-state index in [4.69, 9.17) is 0 Å². The van der Waals surface area contributed by atoms with Gasteiger partial charge >= 0.3 is 6.03 Å². The van der Waals surface area contributed by atoms with Gasteiger partial charge in [0.05, 0.1) is 0 Å². The molecule has 0 fully saturated rings. The molecule has 2 rings (SSSR count). The molecule has 0 spiro atoms. The number of nitrogens with one attached hydrogen (secondary N) is 3. The van der Waals surface area contributed by atoms with Crippen LogP contribution in [0.1, 0.15) is 31.9 Å². The minimum absolute atomic E-state index is 0.00383. The highest BCUT2D eigenvalue weighted by atomic mass is 32.2. The molecular formula is C21H25N3O8S2. The molecule has 5 N–H and O–H groups in total. The molecule has 13 heteroatoms. The van der Waals surface area contributed by atoms with Crippen LogP contribution in [0.25, 0.3) is 12.2 Å². The molecule has 11 nitrogen and oxygen atoms in total. The third-order valence-electron chi connectivity index (χ3n) is 4.41. The maximum Gasteiger partial charge on any atom is 0.319 e. The zero-order valence-electron chi connectivity index (χ0n) is 18.6. The lowest BCUT2D eigenvalue weighted by Crippen LogP contribution is -2.28. The van der Waals surface area contributed by atoms with Crippen molar-refractivity contribution in [1.29, 1.82) is 0 Å². The van der Waals surface area contributed by atoms with Crippen molar-refractivity contribution in [2.45, 2.75) is 30.6 Å². The Morgan fingerprint density at radius 3 is 1.68 bits per heavy atom. The second kappa shape index (κ2) is 10.8. The Hall–Kier alpha value is -3.26. The third kappa shape index (κ3) is 7.38. The zero-order valence-corrected chi connectivity index (χ0v) is 20.2. The second-order valence-corrected chi connectivity index (χ2v) is 10.2. The highest BCUT2D eigenvalue weighted by molar-refractivity contribution is 7.86. The number of urea groups is 1. The number of rotatable bonds is 8. The first-order chi connectivity index (χ1) is 15.7. The van der Waals surface area contributed by atoms with E-state index in [0.29, 0.717) is 6.54 Å². The van der Waals surface area contributed by atoms with Gasteiger partial charge in [-0.2, -0.15) is 16.8 Å². The molecule has 0 aliphatic heterocycles. The molecule has 0 heterocycles. The topological polar surface area (TPSA) is 179 Å². The standard InChI is InChI=1S/C21H25N3O8S2/c1-4-22-21(26)24-17-10-8-15(19(12-17)34(30,31)32)6-5-14-7-9-16(23-20(25)13(2)3)11-18(14)33(27,28)29/h5-13H,4H2,1-3H3,(H,23,25)(H2,22,24,26)(H,27,28,29)(H,30,31,32)/b6-5+. The molecule has 0 saturated carbocycles. The fourth-order valence-corrected chi connectivity index (χ4v) is 4.17.